The molecule has 4 rings (SSSR count). The fourth-order valence-electron chi connectivity index (χ4n) is 3.42. The summed E-state index contributed by atoms with van der Waals surface area (Å²) in [5, 5.41) is 14.3. The van der Waals surface area contributed by atoms with Crippen LogP contribution in [0.2, 0.25) is 0 Å². The molecule has 1 aliphatic rings. The van der Waals surface area contributed by atoms with E-state index in [9.17, 15) is 19.7 Å². The SMILES string of the molecule is Cc1c(C(=O)Nc2nc3c(s2)CN(C(=O)c2ccccc2)CC3)cccc1[N+](=O)[O-]. The maximum Gasteiger partial charge on any atom is 0.273 e. The maximum absolute atomic E-state index is 12.7. The quantitative estimate of drug-likeness (QED) is 0.508. The number of hydrogen-bond acceptors (Lipinski definition) is 6. The molecule has 2 amide bonds. The minimum absolute atomic E-state index is 0.0348. The summed E-state index contributed by atoms with van der Waals surface area (Å²) in [4.78, 5) is 43.1. The van der Waals surface area contributed by atoms with Crippen LogP contribution in [-0.2, 0) is 13.0 Å². The number of anilines is 1. The number of nitrogens with zero attached hydrogens (tertiary/aromatic N) is 3. The van der Waals surface area contributed by atoms with Crippen molar-refractivity contribution in [3.63, 3.8) is 0 Å². The van der Waals surface area contributed by atoms with E-state index in [2.05, 4.69) is 10.3 Å². The third kappa shape index (κ3) is 3.79. The van der Waals surface area contributed by atoms with Crippen molar-refractivity contribution in [1.29, 1.82) is 0 Å². The summed E-state index contributed by atoms with van der Waals surface area (Å²) < 4.78 is 0. The molecule has 0 unspecified atom stereocenters. The number of carbonyl (C=O) groups is 2. The molecule has 0 aliphatic carbocycles. The van der Waals surface area contributed by atoms with E-state index in [0.29, 0.717) is 35.8 Å². The number of hydrogen-bond donors (Lipinski definition) is 1. The van der Waals surface area contributed by atoms with E-state index in [1.54, 1.807) is 30.0 Å². The van der Waals surface area contributed by atoms with Crippen LogP contribution in [0.25, 0.3) is 0 Å². The van der Waals surface area contributed by atoms with Crippen LogP contribution in [0.5, 0.6) is 0 Å². The second-order valence-corrected chi connectivity index (χ2v) is 7.98. The van der Waals surface area contributed by atoms with Crippen LogP contribution in [0.3, 0.4) is 0 Å². The number of carbonyl (C=O) groups excluding carboxylic acids is 2. The van der Waals surface area contributed by atoms with Gasteiger partial charge in [0.2, 0.25) is 0 Å². The number of thiazole rings is 1. The average molecular weight is 422 g/mol. The molecular formula is C21H18N4O4S. The lowest BCUT2D eigenvalue weighted by atomic mass is 10.1. The first-order valence-corrected chi connectivity index (χ1v) is 10.1. The number of aromatic nitrogens is 1. The molecule has 1 aromatic heterocycles. The van der Waals surface area contributed by atoms with Crippen molar-refractivity contribution >= 4 is 34.0 Å². The van der Waals surface area contributed by atoms with Crippen LogP contribution in [0.15, 0.2) is 48.5 Å². The molecule has 0 fully saturated rings. The second kappa shape index (κ2) is 8.03. The zero-order valence-electron chi connectivity index (χ0n) is 16.1. The summed E-state index contributed by atoms with van der Waals surface area (Å²) in [6.45, 7) is 2.54. The lowest BCUT2D eigenvalue weighted by Crippen LogP contribution is -2.35. The molecule has 9 heteroatoms. The standard InChI is InChI=1S/C21H18N4O4S/c1-13-15(8-5-9-17(13)25(28)29)19(26)23-21-22-16-10-11-24(12-18(16)30-21)20(27)14-6-3-2-4-7-14/h2-9H,10-12H2,1H3,(H,22,23,26). The van der Waals surface area contributed by atoms with E-state index in [0.717, 1.165) is 10.6 Å². The Kier molecular flexibility index (Phi) is 5.28. The van der Waals surface area contributed by atoms with Gasteiger partial charge in [0.25, 0.3) is 17.5 Å². The van der Waals surface area contributed by atoms with Gasteiger partial charge in [-0.25, -0.2) is 4.98 Å². The number of nitro benzene ring substituents is 1. The van der Waals surface area contributed by atoms with E-state index < -0.39 is 10.8 Å². The van der Waals surface area contributed by atoms with Gasteiger partial charge in [-0.2, -0.15) is 0 Å². The van der Waals surface area contributed by atoms with Gasteiger partial charge in [0, 0.05) is 40.6 Å². The van der Waals surface area contributed by atoms with E-state index >= 15 is 0 Å². The Hall–Kier alpha value is -3.59. The van der Waals surface area contributed by atoms with Gasteiger partial charge in [-0.1, -0.05) is 35.6 Å². The van der Waals surface area contributed by atoms with Gasteiger partial charge in [-0.3, -0.25) is 25.0 Å². The number of amides is 2. The van der Waals surface area contributed by atoms with Crippen molar-refractivity contribution in [2.24, 2.45) is 0 Å². The Labute approximate surface area is 176 Å². The topological polar surface area (TPSA) is 105 Å². The van der Waals surface area contributed by atoms with E-state index in [4.69, 9.17) is 0 Å². The molecule has 0 spiro atoms. The zero-order chi connectivity index (χ0) is 21.3. The van der Waals surface area contributed by atoms with Gasteiger partial charge in [-0.05, 0) is 25.1 Å². The van der Waals surface area contributed by atoms with Crippen LogP contribution < -0.4 is 5.32 Å². The lowest BCUT2D eigenvalue weighted by Gasteiger charge is -2.26. The normalized spacial score (nSPS) is 12.9. The highest BCUT2D eigenvalue weighted by Crippen LogP contribution is 2.30. The van der Waals surface area contributed by atoms with Gasteiger partial charge >= 0.3 is 0 Å². The van der Waals surface area contributed by atoms with Crippen LogP contribution >= 0.6 is 11.3 Å². The Morgan fingerprint density at radius 3 is 2.67 bits per heavy atom. The fraction of sp³-hybridized carbons (Fsp3) is 0.190. The highest BCUT2D eigenvalue weighted by atomic mass is 32.1. The molecule has 8 nitrogen and oxygen atoms in total. The van der Waals surface area contributed by atoms with Crippen molar-refractivity contribution in [1.82, 2.24) is 9.88 Å². The monoisotopic (exact) mass is 422 g/mol. The molecular weight excluding hydrogens is 404 g/mol. The van der Waals surface area contributed by atoms with Crippen LogP contribution in [0, 0.1) is 17.0 Å². The van der Waals surface area contributed by atoms with E-state index in [1.807, 2.05) is 18.2 Å². The van der Waals surface area contributed by atoms with Crippen LogP contribution in [0.1, 0.15) is 36.9 Å². The Morgan fingerprint density at radius 1 is 1.17 bits per heavy atom. The summed E-state index contributed by atoms with van der Waals surface area (Å²) in [6, 6.07) is 13.5. The van der Waals surface area contributed by atoms with Crippen molar-refractivity contribution in [3.8, 4) is 0 Å². The number of fused-ring (bicyclic) bond motifs is 1. The average Bonchev–Trinajstić information content (AvgIpc) is 3.15. The third-order valence-corrected chi connectivity index (χ3v) is 6.00. The van der Waals surface area contributed by atoms with Gasteiger partial charge in [0.15, 0.2) is 5.13 Å². The summed E-state index contributed by atoms with van der Waals surface area (Å²) in [6.07, 6.45) is 0.607. The first-order chi connectivity index (χ1) is 14.4. The number of nitrogens with one attached hydrogen (secondary N) is 1. The summed E-state index contributed by atoms with van der Waals surface area (Å²) in [5.41, 5.74) is 1.94. The summed E-state index contributed by atoms with van der Waals surface area (Å²) >= 11 is 1.32. The van der Waals surface area contributed by atoms with E-state index in [1.165, 1.54) is 23.5 Å². The van der Waals surface area contributed by atoms with Gasteiger partial charge in [0.05, 0.1) is 17.2 Å². The summed E-state index contributed by atoms with van der Waals surface area (Å²) in [7, 11) is 0. The number of nitro groups is 1. The first kappa shape index (κ1) is 19.7. The van der Waals surface area contributed by atoms with Crippen molar-refractivity contribution in [3.05, 3.63) is 85.9 Å². The summed E-state index contributed by atoms with van der Waals surface area (Å²) in [5.74, 6) is -0.480. The Bertz CT molecular complexity index is 1140. The molecule has 152 valence electrons. The molecule has 0 atom stereocenters. The van der Waals surface area contributed by atoms with Crippen molar-refractivity contribution < 1.29 is 14.5 Å². The molecule has 2 heterocycles. The highest BCUT2D eigenvalue weighted by molar-refractivity contribution is 7.15. The molecule has 0 radical (unpaired) electrons. The predicted molar refractivity (Wildman–Crippen MR) is 113 cm³/mol. The zero-order valence-corrected chi connectivity index (χ0v) is 16.9. The molecule has 2 aromatic carbocycles. The van der Waals surface area contributed by atoms with Crippen molar-refractivity contribution in [2.45, 2.75) is 19.9 Å². The van der Waals surface area contributed by atoms with E-state index in [-0.39, 0.29) is 17.2 Å². The first-order valence-electron chi connectivity index (χ1n) is 9.32. The van der Waals surface area contributed by atoms with Gasteiger partial charge < -0.3 is 4.90 Å². The second-order valence-electron chi connectivity index (χ2n) is 6.89. The minimum Gasteiger partial charge on any atom is -0.333 e. The smallest absolute Gasteiger partial charge is 0.273 e. The molecule has 1 aliphatic heterocycles. The van der Waals surface area contributed by atoms with Gasteiger partial charge in [-0.15, -0.1) is 0 Å². The molecule has 1 N–H and O–H groups in total. The molecule has 0 bridgehead atoms. The lowest BCUT2D eigenvalue weighted by molar-refractivity contribution is -0.385. The molecule has 0 saturated heterocycles. The largest absolute Gasteiger partial charge is 0.333 e. The molecule has 30 heavy (non-hydrogen) atoms. The third-order valence-electron chi connectivity index (χ3n) is 5.01. The maximum atomic E-state index is 12.7. The number of benzene rings is 2. The predicted octanol–water partition coefficient (Wildman–Crippen LogP) is 3.81. The molecule has 0 saturated carbocycles. The minimum atomic E-state index is -0.507. The van der Waals surface area contributed by atoms with Crippen LogP contribution in [0.4, 0.5) is 10.8 Å². The Balaban J connectivity index is 1.50. The highest BCUT2D eigenvalue weighted by Gasteiger charge is 2.26. The molecule has 3 aromatic rings. The Morgan fingerprint density at radius 2 is 1.93 bits per heavy atom. The van der Waals surface area contributed by atoms with Gasteiger partial charge in [0.1, 0.15) is 0 Å². The fourth-order valence-corrected chi connectivity index (χ4v) is 4.44. The van der Waals surface area contributed by atoms with Crippen molar-refractivity contribution in [2.75, 3.05) is 11.9 Å². The number of rotatable bonds is 4. The van der Waals surface area contributed by atoms with Crippen LogP contribution in [-0.4, -0.2) is 33.2 Å².